The van der Waals surface area contributed by atoms with Crippen LogP contribution in [0.15, 0.2) is 48.5 Å². The summed E-state index contributed by atoms with van der Waals surface area (Å²) in [5.74, 6) is -0.194. The van der Waals surface area contributed by atoms with Gasteiger partial charge in [-0.05, 0) is 43.0 Å². The Labute approximate surface area is 211 Å². The number of nitrogens with one attached hydrogen (secondary N) is 2. The SMILES string of the molecule is CC(=N)N1CCC(Oc2cc(C)c3nc(C(F)(F)F)n(-c4ccc(C(=N)N)c5ccccc45)c3c2)CC1. The van der Waals surface area contributed by atoms with Crippen LogP contribution in [0.25, 0.3) is 27.5 Å². The molecule has 0 spiro atoms. The van der Waals surface area contributed by atoms with Gasteiger partial charge in [0, 0.05) is 42.9 Å². The number of nitrogens with zero attached hydrogens (tertiary/aromatic N) is 3. The quantitative estimate of drug-likeness (QED) is 0.245. The second-order valence-electron chi connectivity index (χ2n) is 9.36. The molecule has 0 radical (unpaired) electrons. The van der Waals surface area contributed by atoms with Gasteiger partial charge in [0.1, 0.15) is 17.7 Å². The number of hydrogen-bond acceptors (Lipinski definition) is 4. The third-order valence-corrected chi connectivity index (χ3v) is 6.83. The molecule has 3 aromatic carbocycles. The van der Waals surface area contributed by atoms with Crippen molar-refractivity contribution in [1.29, 1.82) is 10.8 Å². The molecule has 1 saturated heterocycles. The molecule has 0 saturated carbocycles. The Morgan fingerprint density at radius 1 is 1.05 bits per heavy atom. The number of piperidine rings is 1. The van der Waals surface area contributed by atoms with Gasteiger partial charge in [0.2, 0.25) is 5.82 Å². The molecule has 5 rings (SSSR count). The zero-order valence-corrected chi connectivity index (χ0v) is 20.5. The van der Waals surface area contributed by atoms with Crippen LogP contribution in [-0.4, -0.2) is 45.3 Å². The van der Waals surface area contributed by atoms with E-state index in [9.17, 15) is 13.2 Å². The van der Waals surface area contributed by atoms with Crippen LogP contribution in [0.5, 0.6) is 5.75 Å². The highest BCUT2D eigenvalue weighted by Gasteiger charge is 2.39. The predicted molar refractivity (Wildman–Crippen MR) is 138 cm³/mol. The summed E-state index contributed by atoms with van der Waals surface area (Å²) in [5, 5.41) is 16.8. The van der Waals surface area contributed by atoms with E-state index in [-0.39, 0.29) is 23.0 Å². The summed E-state index contributed by atoms with van der Waals surface area (Å²) in [7, 11) is 0. The number of amidine groups is 2. The molecule has 10 heteroatoms. The minimum atomic E-state index is -4.70. The fraction of sp³-hybridized carbons (Fsp3) is 0.296. The summed E-state index contributed by atoms with van der Waals surface area (Å²) in [6, 6.07) is 13.4. The minimum Gasteiger partial charge on any atom is -0.490 e. The van der Waals surface area contributed by atoms with E-state index in [0.29, 0.717) is 52.3 Å². The molecule has 192 valence electrons. The number of aromatic nitrogens is 2. The number of alkyl halides is 3. The first-order valence-electron chi connectivity index (χ1n) is 12.0. The van der Waals surface area contributed by atoms with Crippen LogP contribution >= 0.6 is 0 Å². The van der Waals surface area contributed by atoms with Crippen LogP contribution in [0, 0.1) is 17.7 Å². The molecule has 0 bridgehead atoms. The van der Waals surface area contributed by atoms with Crippen LogP contribution in [0.4, 0.5) is 13.2 Å². The lowest BCUT2D eigenvalue weighted by molar-refractivity contribution is -0.145. The molecular formula is C27H27F3N6O. The van der Waals surface area contributed by atoms with Crippen LogP contribution in [0.2, 0.25) is 0 Å². The Morgan fingerprint density at radius 3 is 2.35 bits per heavy atom. The highest BCUT2D eigenvalue weighted by Crippen LogP contribution is 2.38. The molecule has 37 heavy (non-hydrogen) atoms. The second-order valence-corrected chi connectivity index (χ2v) is 9.36. The minimum absolute atomic E-state index is 0.0958. The van der Waals surface area contributed by atoms with Crippen molar-refractivity contribution >= 4 is 33.5 Å². The number of halogens is 3. The number of fused-ring (bicyclic) bond motifs is 2. The first-order valence-corrected chi connectivity index (χ1v) is 12.0. The molecule has 0 atom stereocenters. The number of imidazole rings is 1. The van der Waals surface area contributed by atoms with E-state index in [0.717, 1.165) is 17.4 Å². The maximum Gasteiger partial charge on any atom is 0.450 e. The fourth-order valence-corrected chi connectivity index (χ4v) is 5.03. The zero-order chi connectivity index (χ0) is 26.5. The maximum atomic E-state index is 14.3. The number of nitrogens with two attached hydrogens (primary N) is 1. The third kappa shape index (κ3) is 4.47. The molecule has 4 N–H and O–H groups in total. The summed E-state index contributed by atoms with van der Waals surface area (Å²) in [6.45, 7) is 4.88. The summed E-state index contributed by atoms with van der Waals surface area (Å²) in [6.07, 6.45) is -3.36. The normalized spacial score (nSPS) is 14.9. The van der Waals surface area contributed by atoms with Crippen LogP contribution < -0.4 is 10.5 Å². The van der Waals surface area contributed by atoms with Crippen molar-refractivity contribution in [2.45, 2.75) is 39.0 Å². The van der Waals surface area contributed by atoms with Crippen molar-refractivity contribution in [3.63, 3.8) is 0 Å². The zero-order valence-electron chi connectivity index (χ0n) is 20.5. The lowest BCUT2D eigenvalue weighted by atomic mass is 10.0. The lowest BCUT2D eigenvalue weighted by Gasteiger charge is -2.32. The largest absolute Gasteiger partial charge is 0.490 e. The van der Waals surface area contributed by atoms with E-state index in [2.05, 4.69) is 4.98 Å². The molecule has 0 unspecified atom stereocenters. The van der Waals surface area contributed by atoms with E-state index in [4.69, 9.17) is 21.3 Å². The van der Waals surface area contributed by atoms with Gasteiger partial charge in [0.25, 0.3) is 0 Å². The molecule has 0 amide bonds. The first kappa shape index (κ1) is 24.6. The van der Waals surface area contributed by atoms with Gasteiger partial charge < -0.3 is 15.4 Å². The Bertz CT molecular complexity index is 1530. The van der Waals surface area contributed by atoms with Gasteiger partial charge in [0.05, 0.1) is 22.6 Å². The fourth-order valence-electron chi connectivity index (χ4n) is 5.03. The maximum absolute atomic E-state index is 14.3. The highest BCUT2D eigenvalue weighted by atomic mass is 19.4. The van der Waals surface area contributed by atoms with Crippen LogP contribution in [0.3, 0.4) is 0 Å². The molecule has 0 aliphatic carbocycles. The molecule has 1 aliphatic heterocycles. The summed E-state index contributed by atoms with van der Waals surface area (Å²) in [4.78, 5) is 6.01. The van der Waals surface area contributed by atoms with E-state index in [1.165, 1.54) is 0 Å². The number of nitrogen functional groups attached to an aromatic ring is 1. The van der Waals surface area contributed by atoms with Gasteiger partial charge in [-0.15, -0.1) is 0 Å². The van der Waals surface area contributed by atoms with Gasteiger partial charge >= 0.3 is 6.18 Å². The summed E-state index contributed by atoms with van der Waals surface area (Å²) in [5.41, 5.74) is 7.60. The van der Waals surface area contributed by atoms with E-state index < -0.39 is 12.0 Å². The van der Waals surface area contributed by atoms with Crippen molar-refractivity contribution < 1.29 is 17.9 Å². The molecular weight excluding hydrogens is 481 g/mol. The van der Waals surface area contributed by atoms with Crippen molar-refractivity contribution in [3.8, 4) is 11.4 Å². The van der Waals surface area contributed by atoms with E-state index >= 15 is 0 Å². The van der Waals surface area contributed by atoms with Gasteiger partial charge in [-0.25, -0.2) is 4.98 Å². The Balaban J connectivity index is 1.66. The Morgan fingerprint density at radius 2 is 1.73 bits per heavy atom. The van der Waals surface area contributed by atoms with Crippen molar-refractivity contribution in [3.05, 3.63) is 65.5 Å². The average molecular weight is 509 g/mol. The molecule has 1 aromatic heterocycles. The number of ether oxygens (including phenoxy) is 1. The molecule has 2 heterocycles. The number of rotatable bonds is 4. The van der Waals surface area contributed by atoms with Crippen molar-refractivity contribution in [1.82, 2.24) is 14.5 Å². The van der Waals surface area contributed by atoms with Crippen LogP contribution in [0.1, 0.15) is 36.7 Å². The number of aryl methyl sites for hydroxylation is 1. The smallest absolute Gasteiger partial charge is 0.450 e. The predicted octanol–water partition coefficient (Wildman–Crippen LogP) is 5.63. The number of benzene rings is 3. The number of likely N-dealkylation sites (tertiary alicyclic amines) is 1. The molecule has 1 fully saturated rings. The van der Waals surface area contributed by atoms with Gasteiger partial charge in [-0.3, -0.25) is 15.4 Å². The topological polar surface area (TPSA) is 104 Å². The lowest BCUT2D eigenvalue weighted by Crippen LogP contribution is -2.40. The van der Waals surface area contributed by atoms with Crippen molar-refractivity contribution in [2.75, 3.05) is 13.1 Å². The van der Waals surface area contributed by atoms with Gasteiger partial charge in [0.15, 0.2) is 0 Å². The van der Waals surface area contributed by atoms with Crippen LogP contribution in [-0.2, 0) is 6.18 Å². The average Bonchev–Trinajstić information content (AvgIpc) is 3.24. The van der Waals surface area contributed by atoms with E-state index in [1.54, 1.807) is 62.4 Å². The van der Waals surface area contributed by atoms with E-state index in [1.807, 2.05) is 4.90 Å². The standard InChI is InChI=1S/C27H27F3N6O/c1-15-13-18(37-17-9-11-35(12-10-17)16(2)31)14-23-24(15)34-26(27(28,29)30)36(23)22-8-7-21(25(32)33)19-5-3-4-6-20(19)22/h3-8,13-14,17,31H,9-12H2,1-2H3,(H3,32,33). The monoisotopic (exact) mass is 508 g/mol. The van der Waals surface area contributed by atoms with Crippen molar-refractivity contribution in [2.24, 2.45) is 5.73 Å². The Kier molecular flexibility index (Phi) is 6.05. The number of hydrogen-bond donors (Lipinski definition) is 3. The summed E-state index contributed by atoms with van der Waals surface area (Å²) < 4.78 is 50.2. The third-order valence-electron chi connectivity index (χ3n) is 6.83. The van der Waals surface area contributed by atoms with Gasteiger partial charge in [-0.1, -0.05) is 24.3 Å². The Hall–Kier alpha value is -4.08. The first-order chi connectivity index (χ1) is 17.5. The second kappa shape index (κ2) is 9.10. The summed E-state index contributed by atoms with van der Waals surface area (Å²) >= 11 is 0. The molecule has 1 aliphatic rings. The molecule has 4 aromatic rings. The van der Waals surface area contributed by atoms with Gasteiger partial charge in [-0.2, -0.15) is 13.2 Å². The molecule has 7 nitrogen and oxygen atoms in total. The highest BCUT2D eigenvalue weighted by molar-refractivity contribution is 6.10.